The molecule has 0 bridgehead atoms. The van der Waals surface area contributed by atoms with Crippen molar-refractivity contribution in [3.8, 4) is 5.75 Å². The standard InChI is InChI=1S/C18H20N4O4/c1-26-10-2-3-14-12(8-10)13(9-16(23)19-14)18(25)22-6-4-11-15(5-7-22)20-21-17(11)24/h2-3,8,13H,4-7,9H2,1H3,(H,19,23)(H2,20,21,24). The molecule has 0 radical (unpaired) electrons. The molecule has 2 aromatic rings. The van der Waals surface area contributed by atoms with E-state index in [1.165, 1.54) is 0 Å². The summed E-state index contributed by atoms with van der Waals surface area (Å²) in [5, 5.41) is 8.29. The number of hydrogen-bond acceptors (Lipinski definition) is 4. The minimum atomic E-state index is -0.538. The molecule has 1 atom stereocenters. The van der Waals surface area contributed by atoms with Crippen molar-refractivity contribution >= 4 is 17.5 Å². The number of nitrogens with one attached hydrogen (secondary N) is 3. The first-order valence-corrected chi connectivity index (χ1v) is 8.62. The molecule has 1 aromatic carbocycles. The maximum atomic E-state index is 13.2. The summed E-state index contributed by atoms with van der Waals surface area (Å²) in [5.74, 6) is -0.146. The first-order valence-electron chi connectivity index (χ1n) is 8.62. The van der Waals surface area contributed by atoms with Crippen molar-refractivity contribution in [1.82, 2.24) is 15.1 Å². The Kier molecular flexibility index (Phi) is 4.02. The summed E-state index contributed by atoms with van der Waals surface area (Å²) in [6, 6.07) is 5.33. The smallest absolute Gasteiger partial charge is 0.267 e. The summed E-state index contributed by atoms with van der Waals surface area (Å²) in [4.78, 5) is 38.8. The Labute approximate surface area is 149 Å². The number of fused-ring (bicyclic) bond motifs is 2. The number of aromatic nitrogens is 2. The van der Waals surface area contributed by atoms with Gasteiger partial charge in [0, 0.05) is 42.9 Å². The number of hydrogen-bond donors (Lipinski definition) is 3. The van der Waals surface area contributed by atoms with Gasteiger partial charge in [0.1, 0.15) is 5.75 Å². The molecule has 136 valence electrons. The number of ether oxygens (including phenoxy) is 1. The fraction of sp³-hybridized carbons (Fsp3) is 0.389. The van der Waals surface area contributed by atoms with Crippen molar-refractivity contribution in [2.24, 2.45) is 0 Å². The van der Waals surface area contributed by atoms with Crippen LogP contribution in [0.15, 0.2) is 23.0 Å². The topological polar surface area (TPSA) is 107 Å². The zero-order valence-corrected chi connectivity index (χ0v) is 14.4. The predicted molar refractivity (Wildman–Crippen MR) is 94.4 cm³/mol. The van der Waals surface area contributed by atoms with Gasteiger partial charge < -0.3 is 20.1 Å². The summed E-state index contributed by atoms with van der Waals surface area (Å²) in [6.45, 7) is 0.973. The van der Waals surface area contributed by atoms with Gasteiger partial charge in [-0.15, -0.1) is 0 Å². The van der Waals surface area contributed by atoms with Crippen LogP contribution in [0.2, 0.25) is 0 Å². The number of methoxy groups -OCH3 is 1. The summed E-state index contributed by atoms with van der Waals surface area (Å²) in [7, 11) is 1.57. The third-order valence-corrected chi connectivity index (χ3v) is 5.14. The zero-order chi connectivity index (χ0) is 18.3. The van der Waals surface area contributed by atoms with Gasteiger partial charge in [-0.25, -0.2) is 0 Å². The van der Waals surface area contributed by atoms with Crippen molar-refractivity contribution in [2.75, 3.05) is 25.5 Å². The lowest BCUT2D eigenvalue weighted by atomic mass is 9.89. The number of aromatic amines is 2. The second kappa shape index (κ2) is 6.36. The van der Waals surface area contributed by atoms with E-state index in [1.54, 1.807) is 24.1 Å². The molecule has 0 fully saturated rings. The number of rotatable bonds is 2. The molecule has 3 heterocycles. The van der Waals surface area contributed by atoms with Gasteiger partial charge >= 0.3 is 0 Å². The van der Waals surface area contributed by atoms with Gasteiger partial charge in [-0.3, -0.25) is 19.5 Å². The lowest BCUT2D eigenvalue weighted by molar-refractivity contribution is -0.134. The van der Waals surface area contributed by atoms with Crippen LogP contribution < -0.4 is 15.6 Å². The molecule has 0 spiro atoms. The van der Waals surface area contributed by atoms with Gasteiger partial charge in [0.15, 0.2) is 0 Å². The van der Waals surface area contributed by atoms with Crippen molar-refractivity contribution in [2.45, 2.75) is 25.2 Å². The first kappa shape index (κ1) is 16.4. The van der Waals surface area contributed by atoms with Crippen LogP contribution in [0.25, 0.3) is 0 Å². The Morgan fingerprint density at radius 3 is 2.81 bits per heavy atom. The summed E-state index contributed by atoms with van der Waals surface area (Å²) in [6.07, 6.45) is 1.20. The van der Waals surface area contributed by atoms with Gasteiger partial charge in [0.05, 0.1) is 13.0 Å². The van der Waals surface area contributed by atoms with Crippen LogP contribution >= 0.6 is 0 Å². The third kappa shape index (κ3) is 2.77. The zero-order valence-electron chi connectivity index (χ0n) is 14.4. The summed E-state index contributed by atoms with van der Waals surface area (Å²) >= 11 is 0. The Hall–Kier alpha value is -3.03. The highest BCUT2D eigenvalue weighted by Crippen LogP contribution is 2.36. The number of H-pyrrole nitrogens is 2. The minimum Gasteiger partial charge on any atom is -0.497 e. The lowest BCUT2D eigenvalue weighted by Crippen LogP contribution is -2.40. The van der Waals surface area contributed by atoms with Crippen LogP contribution in [-0.2, 0) is 22.4 Å². The largest absolute Gasteiger partial charge is 0.497 e. The van der Waals surface area contributed by atoms with Crippen molar-refractivity contribution in [1.29, 1.82) is 0 Å². The highest BCUT2D eigenvalue weighted by molar-refractivity contribution is 6.01. The number of anilines is 1. The van der Waals surface area contributed by atoms with Crippen LogP contribution in [0.3, 0.4) is 0 Å². The number of nitrogens with zero attached hydrogens (tertiary/aromatic N) is 1. The number of amides is 2. The summed E-state index contributed by atoms with van der Waals surface area (Å²) < 4.78 is 5.27. The van der Waals surface area contributed by atoms with Gasteiger partial charge in [-0.2, -0.15) is 0 Å². The Balaban J connectivity index is 1.61. The number of benzene rings is 1. The number of carbonyl (C=O) groups is 2. The molecule has 3 N–H and O–H groups in total. The van der Waals surface area contributed by atoms with Crippen LogP contribution in [-0.4, -0.2) is 47.1 Å². The fourth-order valence-electron chi connectivity index (χ4n) is 3.73. The van der Waals surface area contributed by atoms with E-state index < -0.39 is 5.92 Å². The fourth-order valence-corrected chi connectivity index (χ4v) is 3.73. The first-order chi connectivity index (χ1) is 12.6. The Morgan fingerprint density at radius 1 is 1.19 bits per heavy atom. The molecule has 8 heteroatoms. The second-order valence-electron chi connectivity index (χ2n) is 6.62. The van der Waals surface area contributed by atoms with E-state index in [0.29, 0.717) is 42.9 Å². The van der Waals surface area contributed by atoms with Crippen molar-refractivity contribution < 1.29 is 14.3 Å². The third-order valence-electron chi connectivity index (χ3n) is 5.14. The van der Waals surface area contributed by atoms with E-state index in [9.17, 15) is 14.4 Å². The van der Waals surface area contributed by atoms with E-state index in [2.05, 4.69) is 15.5 Å². The van der Waals surface area contributed by atoms with Crippen LogP contribution in [0.1, 0.15) is 29.2 Å². The van der Waals surface area contributed by atoms with E-state index in [4.69, 9.17) is 4.74 Å². The van der Waals surface area contributed by atoms with Crippen LogP contribution in [0.4, 0.5) is 5.69 Å². The molecular formula is C18H20N4O4. The van der Waals surface area contributed by atoms with Gasteiger partial charge in [0.25, 0.3) is 5.56 Å². The Morgan fingerprint density at radius 2 is 2.00 bits per heavy atom. The molecule has 2 aliphatic rings. The molecule has 1 aromatic heterocycles. The van der Waals surface area contributed by atoms with Gasteiger partial charge in [-0.05, 0) is 30.2 Å². The van der Waals surface area contributed by atoms with E-state index in [1.807, 2.05) is 6.07 Å². The molecule has 0 saturated heterocycles. The SMILES string of the molecule is COc1ccc2c(c1)C(C(=O)N1CCc3[nH][nH]c(=O)c3CC1)CC(=O)N2. The molecule has 4 rings (SSSR count). The normalized spacial score (nSPS) is 19.2. The molecule has 2 aliphatic heterocycles. The molecule has 0 saturated carbocycles. The van der Waals surface area contributed by atoms with E-state index >= 15 is 0 Å². The molecule has 8 nitrogen and oxygen atoms in total. The van der Waals surface area contributed by atoms with E-state index in [-0.39, 0.29) is 23.8 Å². The van der Waals surface area contributed by atoms with E-state index in [0.717, 1.165) is 11.3 Å². The minimum absolute atomic E-state index is 0.0871. The average Bonchev–Trinajstić information content (AvgIpc) is 2.87. The summed E-state index contributed by atoms with van der Waals surface area (Å²) in [5.41, 5.74) is 2.87. The van der Waals surface area contributed by atoms with Crippen LogP contribution in [0.5, 0.6) is 5.75 Å². The van der Waals surface area contributed by atoms with Crippen LogP contribution in [0, 0.1) is 0 Å². The number of carbonyl (C=O) groups excluding carboxylic acids is 2. The van der Waals surface area contributed by atoms with Gasteiger partial charge in [-0.1, -0.05) is 0 Å². The molecule has 2 amide bonds. The Bertz CT molecular complexity index is 930. The van der Waals surface area contributed by atoms with Crippen molar-refractivity contribution in [3.05, 3.63) is 45.4 Å². The molecule has 26 heavy (non-hydrogen) atoms. The lowest BCUT2D eigenvalue weighted by Gasteiger charge is -2.30. The average molecular weight is 356 g/mol. The van der Waals surface area contributed by atoms with Gasteiger partial charge in [0.2, 0.25) is 11.8 Å². The maximum Gasteiger partial charge on any atom is 0.267 e. The van der Waals surface area contributed by atoms with Crippen molar-refractivity contribution in [3.63, 3.8) is 0 Å². The maximum absolute atomic E-state index is 13.2. The predicted octanol–water partition coefficient (Wildman–Crippen LogP) is 0.765. The molecular weight excluding hydrogens is 336 g/mol. The highest BCUT2D eigenvalue weighted by Gasteiger charge is 2.34. The monoisotopic (exact) mass is 356 g/mol. The highest BCUT2D eigenvalue weighted by atomic mass is 16.5. The molecule has 0 aliphatic carbocycles. The quantitative estimate of drug-likeness (QED) is 0.738. The second-order valence-corrected chi connectivity index (χ2v) is 6.62. The molecule has 1 unspecified atom stereocenters.